The summed E-state index contributed by atoms with van der Waals surface area (Å²) in [5.74, 6) is -4.65. The average Bonchev–Trinajstić information content (AvgIpc) is 2.37. The smallest absolute Gasteiger partial charge is 0.363 e. The van der Waals surface area contributed by atoms with E-state index in [1.807, 2.05) is 0 Å². The van der Waals surface area contributed by atoms with Crippen molar-refractivity contribution < 1.29 is 28.8 Å². The number of carboxylic acids is 1. The monoisotopic (exact) mass is 303 g/mol. The van der Waals surface area contributed by atoms with Gasteiger partial charge in [0, 0.05) is 6.92 Å². The minimum absolute atomic E-state index is 1.05. The van der Waals surface area contributed by atoms with Crippen LogP contribution in [0.5, 0.6) is 0 Å². The van der Waals surface area contributed by atoms with Crippen LogP contribution in [0.3, 0.4) is 0 Å². The van der Waals surface area contributed by atoms with Gasteiger partial charge in [-0.2, -0.15) is 0 Å². The van der Waals surface area contributed by atoms with Crippen LogP contribution >= 0.6 is 0 Å². The number of hydrogen-bond acceptors (Lipinski definition) is 7. The van der Waals surface area contributed by atoms with Crippen molar-refractivity contribution in [2.45, 2.75) is 51.9 Å². The van der Waals surface area contributed by atoms with Gasteiger partial charge in [0.25, 0.3) is 0 Å². The number of carbonyl (C=O) groups excluding carboxylic acids is 3. The Bertz CT molecular complexity index is 408. The predicted molar refractivity (Wildman–Crippen MR) is 73.3 cm³/mol. The normalized spacial score (nSPS) is 17.5. The zero-order valence-corrected chi connectivity index (χ0v) is 12.6. The van der Waals surface area contributed by atoms with Crippen LogP contribution in [0, 0.1) is 0 Å². The van der Waals surface area contributed by atoms with E-state index in [-0.39, 0.29) is 0 Å². The quantitative estimate of drug-likeness (QED) is 0.419. The molecule has 0 saturated heterocycles. The number of carboxylic acid groups (broad SMARTS) is 1. The topological polar surface area (TPSA) is 167 Å². The fourth-order valence-electron chi connectivity index (χ4n) is 2.03. The molecule has 0 aliphatic rings. The van der Waals surface area contributed by atoms with Crippen molar-refractivity contribution in [2.24, 2.45) is 17.2 Å². The second-order valence-corrected chi connectivity index (χ2v) is 5.12. The van der Waals surface area contributed by atoms with Crippen LogP contribution in [0.1, 0.15) is 27.7 Å². The molecular formula is C12H23N4O5+. The Morgan fingerprint density at radius 1 is 0.762 bits per heavy atom. The summed E-state index contributed by atoms with van der Waals surface area (Å²) in [6, 6.07) is -5.40. The van der Waals surface area contributed by atoms with Gasteiger partial charge in [-0.3, -0.25) is 0 Å². The molecule has 0 radical (unpaired) electrons. The Kier molecular flexibility index (Phi) is 6.30. The van der Waals surface area contributed by atoms with Crippen molar-refractivity contribution in [2.75, 3.05) is 0 Å². The Hall–Kier alpha value is -1.68. The Labute approximate surface area is 122 Å². The molecule has 0 unspecified atom stereocenters. The first kappa shape index (κ1) is 19.3. The summed E-state index contributed by atoms with van der Waals surface area (Å²) in [7, 11) is 0. The molecule has 0 aliphatic carbocycles. The third kappa shape index (κ3) is 3.32. The van der Waals surface area contributed by atoms with Crippen LogP contribution < -0.4 is 17.2 Å². The van der Waals surface area contributed by atoms with Crippen LogP contribution in [0.15, 0.2) is 0 Å². The van der Waals surface area contributed by atoms with Crippen LogP contribution in [-0.2, 0) is 19.2 Å². The second kappa shape index (κ2) is 6.85. The minimum atomic E-state index is -1.68. The molecule has 4 atom stereocenters. The third-order valence-corrected chi connectivity index (χ3v) is 3.15. The summed E-state index contributed by atoms with van der Waals surface area (Å²) in [6.45, 7) is 4.84. The number of hydrogen-bond donors (Lipinski definition) is 4. The fraction of sp³-hybridized carbons (Fsp3) is 0.667. The van der Waals surface area contributed by atoms with Crippen molar-refractivity contribution in [1.29, 1.82) is 0 Å². The highest BCUT2D eigenvalue weighted by Crippen LogP contribution is 2.21. The Morgan fingerprint density at radius 2 is 1.00 bits per heavy atom. The summed E-state index contributed by atoms with van der Waals surface area (Å²) in [5.41, 5.74) is 16.5. The number of carbonyl (C=O) groups is 4. The molecule has 3 amide bonds. The maximum Gasteiger partial charge on any atom is 0.363 e. The molecule has 0 rings (SSSR count). The van der Waals surface area contributed by atoms with Gasteiger partial charge in [0.1, 0.15) is 18.1 Å². The molecule has 21 heavy (non-hydrogen) atoms. The minimum Gasteiger partial charge on any atom is -0.477 e. The molecule has 0 saturated carbocycles. The second-order valence-electron chi connectivity index (χ2n) is 5.12. The van der Waals surface area contributed by atoms with E-state index in [0.29, 0.717) is 0 Å². The molecule has 0 spiro atoms. The van der Waals surface area contributed by atoms with E-state index in [9.17, 15) is 24.3 Å². The summed E-state index contributed by atoms with van der Waals surface area (Å²) in [6.07, 6.45) is 0. The molecule has 0 aromatic carbocycles. The molecule has 9 nitrogen and oxygen atoms in total. The Balaban J connectivity index is 6.49. The van der Waals surface area contributed by atoms with Crippen molar-refractivity contribution in [1.82, 2.24) is 0 Å². The van der Waals surface area contributed by atoms with Gasteiger partial charge in [-0.1, -0.05) is 0 Å². The van der Waals surface area contributed by atoms with E-state index in [2.05, 4.69) is 0 Å². The van der Waals surface area contributed by atoms with E-state index in [4.69, 9.17) is 17.2 Å². The number of nitrogens with zero attached hydrogens (tertiary/aromatic N) is 1. The molecule has 0 aliphatic heterocycles. The Morgan fingerprint density at radius 3 is 1.14 bits per heavy atom. The highest BCUT2D eigenvalue weighted by Gasteiger charge is 2.60. The average molecular weight is 303 g/mol. The molecule has 0 heterocycles. The zero-order chi connectivity index (χ0) is 17.1. The summed E-state index contributed by atoms with van der Waals surface area (Å²) < 4.78 is -1.62. The van der Waals surface area contributed by atoms with E-state index >= 15 is 0 Å². The van der Waals surface area contributed by atoms with Gasteiger partial charge in [-0.05, 0) is 20.8 Å². The molecule has 0 bridgehead atoms. The molecule has 120 valence electrons. The SMILES string of the molecule is C[C@H](N)C(=O)[N+](C(=O)[C@H](C)N)(C(=O)[C@H](C)N)[C@@H](C)C(=O)O. The van der Waals surface area contributed by atoms with Crippen molar-refractivity contribution in [3.63, 3.8) is 0 Å². The molecular weight excluding hydrogens is 280 g/mol. The van der Waals surface area contributed by atoms with Gasteiger partial charge < -0.3 is 22.3 Å². The molecule has 7 N–H and O–H groups in total. The summed E-state index contributed by atoms with van der Waals surface area (Å²) in [4.78, 5) is 48.6. The van der Waals surface area contributed by atoms with Crippen molar-refractivity contribution >= 4 is 23.7 Å². The molecule has 0 fully saturated rings. The summed E-state index contributed by atoms with van der Waals surface area (Å²) in [5, 5.41) is 9.21. The van der Waals surface area contributed by atoms with Crippen LogP contribution in [-0.4, -0.2) is 57.4 Å². The number of rotatable bonds is 5. The molecule has 0 aromatic heterocycles. The highest BCUT2D eigenvalue weighted by atomic mass is 16.4. The molecule has 0 aromatic rings. The van der Waals surface area contributed by atoms with Gasteiger partial charge >= 0.3 is 23.7 Å². The first-order chi connectivity index (χ1) is 9.42. The lowest BCUT2D eigenvalue weighted by atomic mass is 10.0. The van der Waals surface area contributed by atoms with Gasteiger partial charge in [-0.25, -0.2) is 19.2 Å². The first-order valence-corrected chi connectivity index (χ1v) is 6.43. The highest BCUT2D eigenvalue weighted by molar-refractivity contribution is 6.04. The fourth-order valence-corrected chi connectivity index (χ4v) is 2.03. The largest absolute Gasteiger partial charge is 0.477 e. The standard InChI is InChI=1S/C12H22N4O5/c1-5(13)9(17)16(8(4)12(20)21,10(18)6(2)14)11(19)7(3)15/h5-8H,13-15H2,1-4H3/p+1/t5-,6-,7-,8-/m0/s1. The van der Waals surface area contributed by atoms with Gasteiger partial charge in [0.2, 0.25) is 6.04 Å². The zero-order valence-electron chi connectivity index (χ0n) is 12.6. The molecule has 9 heteroatoms. The third-order valence-electron chi connectivity index (χ3n) is 3.15. The van der Waals surface area contributed by atoms with E-state index in [1.165, 1.54) is 20.8 Å². The van der Waals surface area contributed by atoms with E-state index in [1.54, 1.807) is 0 Å². The van der Waals surface area contributed by atoms with Gasteiger partial charge in [-0.15, -0.1) is 4.48 Å². The summed E-state index contributed by atoms with van der Waals surface area (Å²) >= 11 is 0. The first-order valence-electron chi connectivity index (χ1n) is 6.43. The number of imide groups is 3. The predicted octanol–water partition coefficient (Wildman–Crippen LogP) is -2.10. The van der Waals surface area contributed by atoms with Crippen molar-refractivity contribution in [3.05, 3.63) is 0 Å². The maximum absolute atomic E-state index is 12.4. The number of nitrogens with two attached hydrogens (primary N) is 3. The lowest BCUT2D eigenvalue weighted by molar-refractivity contribution is -0.722. The number of quaternary nitrogens is 1. The van der Waals surface area contributed by atoms with Crippen LogP contribution in [0.4, 0.5) is 0 Å². The number of aliphatic carboxylic acids is 1. The van der Waals surface area contributed by atoms with E-state index in [0.717, 1.165) is 6.92 Å². The van der Waals surface area contributed by atoms with Crippen LogP contribution in [0.2, 0.25) is 0 Å². The van der Waals surface area contributed by atoms with Crippen LogP contribution in [0.25, 0.3) is 0 Å². The lowest BCUT2D eigenvalue weighted by Crippen LogP contribution is -2.75. The van der Waals surface area contributed by atoms with Gasteiger partial charge in [0.15, 0.2) is 0 Å². The maximum atomic E-state index is 12.4. The van der Waals surface area contributed by atoms with E-state index < -0.39 is 52.3 Å². The van der Waals surface area contributed by atoms with Gasteiger partial charge in [0.05, 0.1) is 0 Å². The lowest BCUT2D eigenvalue weighted by Gasteiger charge is -2.36. The number of amides is 3. The van der Waals surface area contributed by atoms with Crippen molar-refractivity contribution in [3.8, 4) is 0 Å².